The van der Waals surface area contributed by atoms with E-state index >= 15 is 0 Å². The molecule has 0 unspecified atom stereocenters. The van der Waals surface area contributed by atoms with Crippen molar-refractivity contribution < 1.29 is 14.3 Å². The number of halogens is 1. The zero-order valence-electron chi connectivity index (χ0n) is 13.5. The number of nitriles is 1. The first-order chi connectivity index (χ1) is 11.5. The van der Waals surface area contributed by atoms with Gasteiger partial charge < -0.3 is 14.4 Å². The number of benzene rings is 2. The minimum absolute atomic E-state index is 0.133. The number of nitrogens with zero attached hydrogens (tertiary/aromatic N) is 2. The van der Waals surface area contributed by atoms with Crippen LogP contribution in [0.25, 0.3) is 0 Å². The highest BCUT2D eigenvalue weighted by molar-refractivity contribution is 6.32. The van der Waals surface area contributed by atoms with Crippen LogP contribution in [0.4, 0.5) is 0 Å². The van der Waals surface area contributed by atoms with Crippen LogP contribution in [0.2, 0.25) is 5.02 Å². The van der Waals surface area contributed by atoms with Gasteiger partial charge in [-0.3, -0.25) is 4.79 Å². The van der Waals surface area contributed by atoms with Gasteiger partial charge in [0.15, 0.2) is 6.61 Å². The third-order valence-electron chi connectivity index (χ3n) is 3.39. The molecule has 0 radical (unpaired) electrons. The van der Waals surface area contributed by atoms with Crippen LogP contribution >= 0.6 is 11.6 Å². The third kappa shape index (κ3) is 4.64. The van der Waals surface area contributed by atoms with Crippen molar-refractivity contribution in [1.29, 1.82) is 5.26 Å². The second-order valence-corrected chi connectivity index (χ2v) is 5.55. The maximum absolute atomic E-state index is 12.2. The lowest BCUT2D eigenvalue weighted by Gasteiger charge is -2.18. The topological polar surface area (TPSA) is 62.6 Å². The summed E-state index contributed by atoms with van der Waals surface area (Å²) in [5.41, 5.74) is 1.40. The van der Waals surface area contributed by atoms with Crippen LogP contribution in [0.5, 0.6) is 11.5 Å². The molecule has 0 aliphatic rings. The third-order valence-corrected chi connectivity index (χ3v) is 3.69. The van der Waals surface area contributed by atoms with E-state index in [1.165, 1.54) is 6.07 Å². The average molecular weight is 345 g/mol. The summed E-state index contributed by atoms with van der Waals surface area (Å²) in [5.74, 6) is 0.936. The number of carbonyl (C=O) groups is 1. The molecule has 0 saturated heterocycles. The Bertz CT molecular complexity index is 771. The van der Waals surface area contributed by atoms with Gasteiger partial charge in [0.2, 0.25) is 0 Å². The maximum atomic E-state index is 12.2. The van der Waals surface area contributed by atoms with E-state index in [9.17, 15) is 4.79 Å². The molecular formula is C18H17ClN2O3. The minimum atomic E-state index is -0.182. The SMILES string of the molecule is COc1cccc(CN(C)C(=O)COc2ccc(C#N)cc2Cl)c1. The van der Waals surface area contributed by atoms with Crippen LogP contribution in [-0.4, -0.2) is 31.6 Å². The van der Waals surface area contributed by atoms with Gasteiger partial charge in [0.25, 0.3) is 5.91 Å². The molecule has 0 spiro atoms. The van der Waals surface area contributed by atoms with Crippen LogP contribution in [0, 0.1) is 11.3 Å². The molecule has 0 atom stereocenters. The average Bonchev–Trinajstić information content (AvgIpc) is 2.60. The lowest BCUT2D eigenvalue weighted by Crippen LogP contribution is -2.31. The Morgan fingerprint density at radius 3 is 2.75 bits per heavy atom. The molecule has 24 heavy (non-hydrogen) atoms. The number of rotatable bonds is 6. The number of methoxy groups -OCH3 is 1. The molecule has 0 aliphatic heterocycles. The Kier molecular flexibility index (Phi) is 6.05. The summed E-state index contributed by atoms with van der Waals surface area (Å²) in [5, 5.41) is 9.11. The van der Waals surface area contributed by atoms with Gasteiger partial charge in [0, 0.05) is 13.6 Å². The van der Waals surface area contributed by atoms with Gasteiger partial charge in [-0.1, -0.05) is 23.7 Å². The van der Waals surface area contributed by atoms with Crippen LogP contribution in [0.15, 0.2) is 42.5 Å². The predicted molar refractivity (Wildman–Crippen MR) is 91.1 cm³/mol. The van der Waals surface area contributed by atoms with Gasteiger partial charge in [-0.15, -0.1) is 0 Å². The van der Waals surface area contributed by atoms with Gasteiger partial charge in [-0.2, -0.15) is 5.26 Å². The molecule has 2 rings (SSSR count). The first-order valence-corrected chi connectivity index (χ1v) is 7.60. The van der Waals surface area contributed by atoms with Crippen LogP contribution in [0.1, 0.15) is 11.1 Å². The molecule has 2 aromatic rings. The number of hydrogen-bond acceptors (Lipinski definition) is 4. The van der Waals surface area contributed by atoms with E-state index in [1.54, 1.807) is 31.2 Å². The van der Waals surface area contributed by atoms with E-state index < -0.39 is 0 Å². The summed E-state index contributed by atoms with van der Waals surface area (Å²) < 4.78 is 10.6. The van der Waals surface area contributed by atoms with Gasteiger partial charge in [0.05, 0.1) is 23.8 Å². The van der Waals surface area contributed by atoms with Crippen molar-refractivity contribution in [2.45, 2.75) is 6.54 Å². The number of carbonyl (C=O) groups excluding carboxylic acids is 1. The molecule has 0 N–H and O–H groups in total. The zero-order chi connectivity index (χ0) is 17.5. The Labute approximate surface area is 146 Å². The zero-order valence-corrected chi connectivity index (χ0v) is 14.2. The first-order valence-electron chi connectivity index (χ1n) is 7.23. The van der Waals surface area contributed by atoms with Crippen molar-refractivity contribution in [2.24, 2.45) is 0 Å². The predicted octanol–water partition coefficient (Wildman–Crippen LogP) is 3.26. The molecule has 2 aromatic carbocycles. The number of amides is 1. The Hall–Kier alpha value is -2.71. The van der Waals surface area contributed by atoms with Gasteiger partial charge in [0.1, 0.15) is 11.5 Å². The molecule has 0 aromatic heterocycles. The number of hydrogen-bond donors (Lipinski definition) is 0. The molecule has 0 saturated carbocycles. The molecule has 5 nitrogen and oxygen atoms in total. The largest absolute Gasteiger partial charge is 0.497 e. The highest BCUT2D eigenvalue weighted by atomic mass is 35.5. The molecule has 0 bridgehead atoms. The quantitative estimate of drug-likeness (QED) is 0.807. The van der Waals surface area contributed by atoms with E-state index in [2.05, 4.69) is 0 Å². The van der Waals surface area contributed by atoms with Gasteiger partial charge >= 0.3 is 0 Å². The summed E-state index contributed by atoms with van der Waals surface area (Å²) in [4.78, 5) is 13.7. The standard InChI is InChI=1S/C18H17ClN2O3/c1-21(11-14-4-3-5-15(8-14)23-2)18(22)12-24-17-7-6-13(10-20)9-16(17)19/h3-9H,11-12H2,1-2H3. The molecule has 0 heterocycles. The molecule has 6 heteroatoms. The van der Waals surface area contributed by atoms with E-state index in [0.29, 0.717) is 22.9 Å². The fourth-order valence-electron chi connectivity index (χ4n) is 2.07. The van der Waals surface area contributed by atoms with Crippen LogP contribution < -0.4 is 9.47 Å². The summed E-state index contributed by atoms with van der Waals surface area (Å²) in [6.45, 7) is 0.312. The second-order valence-electron chi connectivity index (χ2n) is 5.15. The molecule has 0 aliphatic carbocycles. The van der Waals surface area contributed by atoms with Crippen LogP contribution in [-0.2, 0) is 11.3 Å². The van der Waals surface area contributed by atoms with Crippen LogP contribution in [0.3, 0.4) is 0 Å². The second kappa shape index (κ2) is 8.23. The summed E-state index contributed by atoms with van der Waals surface area (Å²) >= 11 is 6.02. The summed E-state index contributed by atoms with van der Waals surface area (Å²) in [7, 11) is 3.30. The number of ether oxygens (including phenoxy) is 2. The number of likely N-dealkylation sites (N-methyl/N-ethyl adjacent to an activating group) is 1. The summed E-state index contributed by atoms with van der Waals surface area (Å²) in [6, 6.07) is 14.2. The summed E-state index contributed by atoms with van der Waals surface area (Å²) in [6.07, 6.45) is 0. The Balaban J connectivity index is 1.93. The van der Waals surface area contributed by atoms with Gasteiger partial charge in [-0.05, 0) is 35.9 Å². The van der Waals surface area contributed by atoms with E-state index in [4.69, 9.17) is 26.3 Å². The fourth-order valence-corrected chi connectivity index (χ4v) is 2.31. The molecular weight excluding hydrogens is 328 g/mol. The van der Waals surface area contributed by atoms with Crippen molar-refractivity contribution in [2.75, 3.05) is 20.8 Å². The Morgan fingerprint density at radius 1 is 1.29 bits per heavy atom. The van der Waals surface area contributed by atoms with Crippen molar-refractivity contribution in [1.82, 2.24) is 4.90 Å². The maximum Gasteiger partial charge on any atom is 0.260 e. The van der Waals surface area contributed by atoms with E-state index in [0.717, 1.165) is 11.3 Å². The van der Waals surface area contributed by atoms with Crippen molar-refractivity contribution >= 4 is 17.5 Å². The van der Waals surface area contributed by atoms with Crippen molar-refractivity contribution in [3.63, 3.8) is 0 Å². The van der Waals surface area contributed by atoms with Crippen molar-refractivity contribution in [3.8, 4) is 17.6 Å². The highest BCUT2D eigenvalue weighted by Crippen LogP contribution is 2.25. The molecule has 0 fully saturated rings. The van der Waals surface area contributed by atoms with E-state index in [-0.39, 0.29) is 12.5 Å². The van der Waals surface area contributed by atoms with E-state index in [1.807, 2.05) is 30.3 Å². The molecule has 1 amide bonds. The van der Waals surface area contributed by atoms with Gasteiger partial charge in [-0.25, -0.2) is 0 Å². The highest BCUT2D eigenvalue weighted by Gasteiger charge is 2.12. The normalized spacial score (nSPS) is 9.92. The Morgan fingerprint density at radius 2 is 2.08 bits per heavy atom. The first kappa shape index (κ1) is 17.6. The lowest BCUT2D eigenvalue weighted by atomic mass is 10.2. The molecule has 124 valence electrons. The minimum Gasteiger partial charge on any atom is -0.497 e. The van der Waals surface area contributed by atoms with Crippen molar-refractivity contribution in [3.05, 3.63) is 58.6 Å². The smallest absolute Gasteiger partial charge is 0.260 e. The lowest BCUT2D eigenvalue weighted by molar-refractivity contribution is -0.132. The monoisotopic (exact) mass is 344 g/mol. The fraction of sp³-hybridized carbons (Fsp3) is 0.222.